The molecule has 0 aromatic heterocycles. The highest BCUT2D eigenvalue weighted by molar-refractivity contribution is 4.65. The van der Waals surface area contributed by atoms with E-state index >= 15 is 0 Å². The lowest BCUT2D eigenvalue weighted by molar-refractivity contribution is 0.308. The van der Waals surface area contributed by atoms with Crippen molar-refractivity contribution >= 4 is 0 Å². The first-order chi connectivity index (χ1) is 6.79. The number of hydrogen-bond acceptors (Lipinski definition) is 0. The number of hydrogen-bond donors (Lipinski definition) is 0. The summed E-state index contributed by atoms with van der Waals surface area (Å²) < 4.78 is 0. The maximum absolute atomic E-state index is 3.00. The normalized spacial score (nSPS) is 23.9. The van der Waals surface area contributed by atoms with Crippen LogP contribution in [0, 0.1) is 11.8 Å². The summed E-state index contributed by atoms with van der Waals surface area (Å²) in [7, 11) is 0. The van der Waals surface area contributed by atoms with Gasteiger partial charge in [0.1, 0.15) is 0 Å². The fourth-order valence-electron chi connectivity index (χ4n) is 1.43. The van der Waals surface area contributed by atoms with Crippen molar-refractivity contribution in [2.75, 3.05) is 0 Å². The minimum absolute atomic E-state index is 1.02. The Hall–Kier alpha value is -0.260. The summed E-state index contributed by atoms with van der Waals surface area (Å²) in [6.45, 7) is 18.7. The van der Waals surface area contributed by atoms with Gasteiger partial charge < -0.3 is 0 Å². The Labute approximate surface area is 92.8 Å². The Morgan fingerprint density at radius 3 is 0.929 bits per heavy atom. The van der Waals surface area contributed by atoms with Crippen molar-refractivity contribution in [3.05, 3.63) is 13.2 Å². The zero-order valence-electron chi connectivity index (χ0n) is 11.4. The summed E-state index contributed by atoms with van der Waals surface area (Å²) in [6.07, 6.45) is 5.89. The maximum Gasteiger partial charge on any atom is -0.0443 e. The quantitative estimate of drug-likeness (QED) is 0.441. The topological polar surface area (TPSA) is 0 Å². The van der Waals surface area contributed by atoms with Gasteiger partial charge in [-0.1, -0.05) is 67.2 Å². The predicted octanol–water partition coefficient (Wildman–Crippen LogP) is 5.69. The third-order valence-corrected chi connectivity index (χ3v) is 2.30. The molecule has 1 aliphatic rings. The third-order valence-electron chi connectivity index (χ3n) is 2.30. The van der Waals surface area contributed by atoms with Gasteiger partial charge in [-0.05, 0) is 11.8 Å². The fraction of sp³-hybridized carbons (Fsp3) is 0.857. The van der Waals surface area contributed by atoms with Crippen molar-refractivity contribution in [2.45, 2.75) is 67.2 Å². The van der Waals surface area contributed by atoms with Gasteiger partial charge in [-0.25, -0.2) is 0 Å². The molecule has 0 aromatic rings. The van der Waals surface area contributed by atoms with Gasteiger partial charge in [0.25, 0.3) is 0 Å². The van der Waals surface area contributed by atoms with Crippen LogP contribution >= 0.6 is 0 Å². The molecule has 0 atom stereocenters. The molecule has 0 unspecified atom stereocenters. The zero-order valence-corrected chi connectivity index (χ0v) is 11.4. The molecule has 1 rings (SSSR count). The van der Waals surface area contributed by atoms with Crippen molar-refractivity contribution in [3.63, 3.8) is 0 Å². The molecule has 1 saturated carbocycles. The van der Waals surface area contributed by atoms with E-state index in [4.69, 9.17) is 0 Å². The van der Waals surface area contributed by atoms with Crippen molar-refractivity contribution in [3.8, 4) is 0 Å². The molecule has 0 bridgehead atoms. The lowest BCUT2D eigenvalue weighted by atomic mass is 9.84. The van der Waals surface area contributed by atoms with Gasteiger partial charge in [0, 0.05) is 0 Å². The fourth-order valence-corrected chi connectivity index (χ4v) is 1.43. The molecule has 0 aliphatic heterocycles. The van der Waals surface area contributed by atoms with E-state index in [1.165, 1.54) is 25.7 Å². The molecule has 0 heterocycles. The third kappa shape index (κ3) is 14.3. The SMILES string of the molecule is C=C.CC.CC.CC1CCC(C)CC1. The summed E-state index contributed by atoms with van der Waals surface area (Å²) in [4.78, 5) is 0. The van der Waals surface area contributed by atoms with Crippen LogP contribution in [-0.2, 0) is 0 Å². The van der Waals surface area contributed by atoms with Crippen LogP contribution in [0.3, 0.4) is 0 Å². The molecule has 1 aliphatic carbocycles. The van der Waals surface area contributed by atoms with Crippen molar-refractivity contribution < 1.29 is 0 Å². The van der Waals surface area contributed by atoms with E-state index in [2.05, 4.69) is 27.0 Å². The molecule has 14 heavy (non-hydrogen) atoms. The predicted molar refractivity (Wildman–Crippen MR) is 70.7 cm³/mol. The summed E-state index contributed by atoms with van der Waals surface area (Å²) in [5, 5.41) is 0. The first-order valence-electron chi connectivity index (χ1n) is 6.29. The smallest absolute Gasteiger partial charge is 0.0443 e. The van der Waals surface area contributed by atoms with Crippen molar-refractivity contribution in [2.24, 2.45) is 11.8 Å². The Morgan fingerprint density at radius 2 is 0.786 bits per heavy atom. The molecule has 0 amide bonds. The van der Waals surface area contributed by atoms with E-state index < -0.39 is 0 Å². The standard InChI is InChI=1S/C8H16.2C2H6.C2H4/c1-7-3-5-8(2)6-4-7;3*1-2/h7-8H,3-6H2,1-2H3;2*1-2H3;1-2H2. The van der Waals surface area contributed by atoms with Crippen LogP contribution in [0.15, 0.2) is 13.2 Å². The van der Waals surface area contributed by atoms with Gasteiger partial charge >= 0.3 is 0 Å². The summed E-state index contributed by atoms with van der Waals surface area (Å²) >= 11 is 0. The van der Waals surface area contributed by atoms with Crippen LogP contribution in [-0.4, -0.2) is 0 Å². The lowest BCUT2D eigenvalue weighted by Gasteiger charge is -2.22. The first-order valence-corrected chi connectivity index (χ1v) is 6.29. The highest BCUT2D eigenvalue weighted by Crippen LogP contribution is 2.27. The molecule has 88 valence electrons. The average molecular weight is 200 g/mol. The highest BCUT2D eigenvalue weighted by atomic mass is 14.2. The largest absolute Gasteiger partial charge is 0.106 e. The van der Waals surface area contributed by atoms with Crippen molar-refractivity contribution in [1.82, 2.24) is 0 Å². The van der Waals surface area contributed by atoms with Gasteiger partial charge in [-0.3, -0.25) is 0 Å². The average Bonchev–Trinajstić information content (AvgIpc) is 2.31. The molecular weight excluding hydrogens is 168 g/mol. The van der Waals surface area contributed by atoms with Crippen LogP contribution in [0.25, 0.3) is 0 Å². The minimum atomic E-state index is 1.02. The van der Waals surface area contributed by atoms with Crippen LogP contribution in [0.1, 0.15) is 67.2 Å². The molecule has 0 saturated heterocycles. The first kappa shape index (κ1) is 19.3. The van der Waals surface area contributed by atoms with Gasteiger partial charge in [0.15, 0.2) is 0 Å². The van der Waals surface area contributed by atoms with Crippen LogP contribution < -0.4 is 0 Å². The second-order valence-electron chi connectivity index (χ2n) is 3.37. The monoisotopic (exact) mass is 200 g/mol. The Bertz CT molecular complexity index is 58.1. The summed E-state index contributed by atoms with van der Waals surface area (Å²) in [5.74, 6) is 2.04. The van der Waals surface area contributed by atoms with E-state index in [1.54, 1.807) is 0 Å². The second-order valence-corrected chi connectivity index (χ2v) is 3.37. The molecule has 0 nitrogen and oxygen atoms in total. The Balaban J connectivity index is -0.000000174. The minimum Gasteiger partial charge on any atom is -0.106 e. The zero-order chi connectivity index (χ0) is 12.0. The Morgan fingerprint density at radius 1 is 0.643 bits per heavy atom. The second kappa shape index (κ2) is 18.5. The van der Waals surface area contributed by atoms with Gasteiger partial charge in [-0.15, -0.1) is 13.2 Å². The van der Waals surface area contributed by atoms with E-state index in [-0.39, 0.29) is 0 Å². The number of rotatable bonds is 0. The van der Waals surface area contributed by atoms with E-state index in [0.29, 0.717) is 0 Å². The van der Waals surface area contributed by atoms with Gasteiger partial charge in [0.2, 0.25) is 0 Å². The lowest BCUT2D eigenvalue weighted by Crippen LogP contribution is -2.08. The van der Waals surface area contributed by atoms with Crippen molar-refractivity contribution in [1.29, 1.82) is 0 Å². The molecule has 0 N–H and O–H groups in total. The van der Waals surface area contributed by atoms with Gasteiger partial charge in [0.05, 0.1) is 0 Å². The van der Waals surface area contributed by atoms with Crippen LogP contribution in [0.5, 0.6) is 0 Å². The van der Waals surface area contributed by atoms with Gasteiger partial charge in [-0.2, -0.15) is 0 Å². The maximum atomic E-state index is 3.00. The molecule has 1 fully saturated rings. The van der Waals surface area contributed by atoms with Crippen LogP contribution in [0.4, 0.5) is 0 Å². The summed E-state index contributed by atoms with van der Waals surface area (Å²) in [6, 6.07) is 0. The Kier molecular flexibility index (Phi) is 25.6. The summed E-state index contributed by atoms with van der Waals surface area (Å²) in [5.41, 5.74) is 0. The van der Waals surface area contributed by atoms with E-state index in [9.17, 15) is 0 Å². The van der Waals surface area contributed by atoms with Crippen LogP contribution in [0.2, 0.25) is 0 Å². The van der Waals surface area contributed by atoms with E-state index in [1.807, 2.05) is 27.7 Å². The molecule has 0 spiro atoms. The molecular formula is C14H32. The molecule has 0 heteroatoms. The molecule has 0 aromatic carbocycles. The van der Waals surface area contributed by atoms with E-state index in [0.717, 1.165) is 11.8 Å². The molecule has 0 radical (unpaired) electrons. The highest BCUT2D eigenvalue weighted by Gasteiger charge is 2.13.